The highest BCUT2D eigenvalue weighted by Crippen LogP contribution is 2.39. The second-order valence-electron chi connectivity index (χ2n) is 12.1. The van der Waals surface area contributed by atoms with Crippen LogP contribution in [-0.2, 0) is 19.7 Å². The first kappa shape index (κ1) is 34.7. The van der Waals surface area contributed by atoms with Crippen LogP contribution < -0.4 is 30.7 Å². The first-order valence-electron chi connectivity index (χ1n) is 14.4. The number of urea groups is 2. The molecule has 0 saturated carbocycles. The van der Waals surface area contributed by atoms with Crippen molar-refractivity contribution in [2.45, 2.75) is 37.8 Å². The summed E-state index contributed by atoms with van der Waals surface area (Å²) in [5.41, 5.74) is -1.50. The zero-order valence-corrected chi connectivity index (χ0v) is 27.1. The molecule has 12 nitrogen and oxygen atoms in total. The molecule has 2 fully saturated rings. The van der Waals surface area contributed by atoms with Crippen LogP contribution >= 0.6 is 0 Å². The van der Waals surface area contributed by atoms with Gasteiger partial charge in [-0.15, -0.1) is 0 Å². The Morgan fingerprint density at radius 2 is 0.917 bits per heavy atom. The highest BCUT2D eigenvalue weighted by Gasteiger charge is 2.40. The van der Waals surface area contributed by atoms with Gasteiger partial charge in [0.2, 0.25) is 34.8 Å². The summed E-state index contributed by atoms with van der Waals surface area (Å²) < 4.78 is 117. The Morgan fingerprint density at radius 1 is 0.604 bits per heavy atom. The predicted molar refractivity (Wildman–Crippen MR) is 167 cm³/mol. The van der Waals surface area contributed by atoms with Crippen LogP contribution in [0, 0.1) is 23.3 Å². The monoisotopic (exact) mass is 714 g/mol. The van der Waals surface area contributed by atoms with Gasteiger partial charge in [0.1, 0.15) is 11.5 Å². The fraction of sp³-hybridized carbons (Fsp3) is 0.333. The molecular weight excluding hydrogens is 684 g/mol. The maximum atomic E-state index is 14.9. The van der Waals surface area contributed by atoms with E-state index in [0.717, 1.165) is 0 Å². The van der Waals surface area contributed by atoms with E-state index in [1.165, 1.54) is 48.5 Å². The Balaban J connectivity index is 1.20. The number of sulfone groups is 2. The van der Waals surface area contributed by atoms with Crippen molar-refractivity contribution in [2.75, 3.05) is 33.6 Å². The minimum absolute atomic E-state index is 0.0530. The first-order valence-corrected chi connectivity index (χ1v) is 18.0. The molecule has 3 aromatic carbocycles. The molecule has 0 aromatic heterocycles. The SMILES string of the molecule is C[C@]1(NC(=O)Nc2ccc(Oc3c(F)c(F)c(Oc4ccc(NC(=O)N[C@@]5(C)CCS(=O)(=O)C5)cc4)c(F)c3F)cc2)CCS(=O)(=O)C1. The lowest BCUT2D eigenvalue weighted by Gasteiger charge is -2.24. The molecule has 2 heterocycles. The second kappa shape index (κ2) is 12.8. The van der Waals surface area contributed by atoms with Crippen LogP contribution in [-0.4, -0.2) is 63.0 Å². The van der Waals surface area contributed by atoms with E-state index in [9.17, 15) is 44.0 Å². The van der Waals surface area contributed by atoms with Gasteiger partial charge in [-0.2, -0.15) is 17.6 Å². The molecule has 0 aliphatic carbocycles. The van der Waals surface area contributed by atoms with Crippen LogP contribution in [0.5, 0.6) is 23.0 Å². The van der Waals surface area contributed by atoms with Gasteiger partial charge in [-0.1, -0.05) is 0 Å². The summed E-state index contributed by atoms with van der Waals surface area (Å²) in [6.45, 7) is 3.19. The summed E-state index contributed by atoms with van der Waals surface area (Å²) in [6, 6.07) is 8.42. The maximum absolute atomic E-state index is 14.9. The van der Waals surface area contributed by atoms with Crippen molar-refractivity contribution < 1.29 is 53.5 Å². The molecule has 2 aliphatic heterocycles. The molecule has 5 rings (SSSR count). The quantitative estimate of drug-likeness (QED) is 0.182. The van der Waals surface area contributed by atoms with Crippen LogP contribution in [0.1, 0.15) is 26.7 Å². The van der Waals surface area contributed by atoms with Gasteiger partial charge in [0, 0.05) is 11.4 Å². The van der Waals surface area contributed by atoms with Gasteiger partial charge in [0.05, 0.1) is 34.1 Å². The van der Waals surface area contributed by atoms with Crippen molar-refractivity contribution in [1.82, 2.24) is 10.6 Å². The number of carbonyl (C=O) groups excluding carboxylic acids is 2. The lowest BCUT2D eigenvalue weighted by molar-refractivity contribution is 0.241. The zero-order valence-electron chi connectivity index (χ0n) is 25.5. The minimum atomic E-state index is -3.26. The summed E-state index contributed by atoms with van der Waals surface area (Å²) in [5.74, 6) is -11.3. The highest BCUT2D eigenvalue weighted by molar-refractivity contribution is 7.92. The molecule has 0 radical (unpaired) electrons. The Kier molecular flexibility index (Phi) is 9.26. The Labute approximate surface area is 273 Å². The number of anilines is 2. The molecule has 258 valence electrons. The summed E-state index contributed by atoms with van der Waals surface area (Å²) in [7, 11) is -6.52. The van der Waals surface area contributed by atoms with Crippen molar-refractivity contribution in [1.29, 1.82) is 0 Å². The lowest BCUT2D eigenvalue weighted by atomic mass is 10.0. The van der Waals surface area contributed by atoms with Gasteiger partial charge in [-0.05, 0) is 75.2 Å². The number of hydrogen-bond acceptors (Lipinski definition) is 8. The van der Waals surface area contributed by atoms with Gasteiger partial charge in [-0.25, -0.2) is 26.4 Å². The van der Waals surface area contributed by atoms with Crippen molar-refractivity contribution >= 4 is 43.1 Å². The minimum Gasteiger partial charge on any atom is -0.451 e. The number of carbonyl (C=O) groups is 2. The van der Waals surface area contributed by atoms with E-state index in [4.69, 9.17) is 9.47 Å². The smallest absolute Gasteiger partial charge is 0.319 e. The summed E-state index contributed by atoms with van der Waals surface area (Å²) in [6.07, 6.45) is 0.483. The number of ether oxygens (including phenoxy) is 2. The maximum Gasteiger partial charge on any atom is 0.319 e. The second-order valence-corrected chi connectivity index (χ2v) is 16.5. The van der Waals surface area contributed by atoms with E-state index in [1.807, 2.05) is 0 Å². The molecule has 0 bridgehead atoms. The fourth-order valence-corrected chi connectivity index (χ4v) is 9.50. The highest BCUT2D eigenvalue weighted by atomic mass is 32.2. The third-order valence-corrected chi connectivity index (χ3v) is 11.5. The first-order chi connectivity index (χ1) is 22.3. The molecule has 18 heteroatoms. The molecular formula is C30H30F4N4O8S2. The average Bonchev–Trinajstić information content (AvgIpc) is 3.44. The van der Waals surface area contributed by atoms with Crippen LogP contribution in [0.3, 0.4) is 0 Å². The van der Waals surface area contributed by atoms with Crippen molar-refractivity contribution in [2.24, 2.45) is 0 Å². The van der Waals surface area contributed by atoms with Crippen molar-refractivity contribution in [3.63, 3.8) is 0 Å². The standard InChI is InChI=1S/C30H30F4N4O8S2/c1-29(11-13-47(41,42)15-29)37-27(39)35-17-3-7-19(8-4-17)45-25-21(31)23(33)26(24(34)22(25)32)46-20-9-5-18(6-10-20)36-28(40)38-30(2)12-14-48(43,44)16-30/h3-10H,11-16H2,1-2H3,(H2,35,37,39)(H2,36,38,40)/t29-,30-/m0/s1. The molecule has 0 unspecified atom stereocenters. The summed E-state index contributed by atoms with van der Waals surface area (Å²) >= 11 is 0. The van der Waals surface area contributed by atoms with Gasteiger partial charge >= 0.3 is 12.1 Å². The number of rotatable bonds is 8. The number of amides is 4. The Morgan fingerprint density at radius 3 is 1.19 bits per heavy atom. The number of nitrogens with one attached hydrogen (secondary N) is 4. The van der Waals surface area contributed by atoms with Crippen LogP contribution in [0.2, 0.25) is 0 Å². The Bertz CT molecular complexity index is 1810. The molecule has 2 atom stereocenters. The molecule has 4 N–H and O–H groups in total. The normalized spacial score (nSPS) is 22.5. The van der Waals surface area contributed by atoms with Gasteiger partial charge < -0.3 is 30.7 Å². The van der Waals surface area contributed by atoms with Gasteiger partial charge in [0.15, 0.2) is 19.7 Å². The summed E-state index contributed by atoms with van der Waals surface area (Å²) in [5, 5.41) is 10.2. The topological polar surface area (TPSA) is 169 Å². The molecule has 2 aliphatic rings. The molecule has 48 heavy (non-hydrogen) atoms. The Hall–Kier alpha value is -4.58. The van der Waals surface area contributed by atoms with E-state index in [0.29, 0.717) is 0 Å². The van der Waals surface area contributed by atoms with Crippen LogP contribution in [0.4, 0.5) is 38.5 Å². The van der Waals surface area contributed by atoms with E-state index >= 15 is 0 Å². The third-order valence-electron chi connectivity index (χ3n) is 7.68. The summed E-state index contributed by atoms with van der Waals surface area (Å²) in [4.78, 5) is 24.7. The van der Waals surface area contributed by atoms with E-state index < -0.39 is 77.6 Å². The predicted octanol–water partition coefficient (Wildman–Crippen LogP) is 5.23. The largest absolute Gasteiger partial charge is 0.451 e. The van der Waals surface area contributed by atoms with Crippen molar-refractivity contribution in [3.8, 4) is 23.0 Å². The average molecular weight is 715 g/mol. The zero-order chi connectivity index (χ0) is 35.1. The van der Waals surface area contributed by atoms with Gasteiger partial charge in [0.25, 0.3) is 0 Å². The molecule has 3 aromatic rings. The molecule has 2 saturated heterocycles. The number of halogens is 4. The van der Waals surface area contributed by atoms with Gasteiger partial charge in [-0.3, -0.25) is 0 Å². The number of hydrogen-bond donors (Lipinski definition) is 4. The van der Waals surface area contributed by atoms with Crippen LogP contribution in [0.15, 0.2) is 48.5 Å². The van der Waals surface area contributed by atoms with Crippen LogP contribution in [0.25, 0.3) is 0 Å². The van der Waals surface area contributed by atoms with E-state index in [1.54, 1.807) is 13.8 Å². The van der Waals surface area contributed by atoms with E-state index in [2.05, 4.69) is 21.3 Å². The van der Waals surface area contributed by atoms with E-state index in [-0.39, 0.29) is 58.7 Å². The molecule has 0 spiro atoms. The molecule has 4 amide bonds. The third kappa shape index (κ3) is 8.10. The number of benzene rings is 3. The fourth-order valence-electron chi connectivity index (χ4n) is 5.31. The lowest BCUT2D eigenvalue weighted by Crippen LogP contribution is -2.48. The van der Waals surface area contributed by atoms with Crippen molar-refractivity contribution in [3.05, 3.63) is 71.8 Å².